The van der Waals surface area contributed by atoms with Gasteiger partial charge in [-0.3, -0.25) is 13.8 Å². The van der Waals surface area contributed by atoms with E-state index in [9.17, 15) is 23.1 Å². The quantitative estimate of drug-likeness (QED) is 0.185. The van der Waals surface area contributed by atoms with Crippen LogP contribution in [0.15, 0.2) is 73.2 Å². The average Bonchev–Trinajstić information content (AvgIpc) is 3.72. The molecule has 2 aliphatic rings. The first-order valence-electron chi connectivity index (χ1n) is 14.1. The number of nitrogens with two attached hydrogens (primary N) is 1. The van der Waals surface area contributed by atoms with E-state index in [0.29, 0.717) is 18.4 Å². The molecule has 0 radical (unpaired) electrons. The predicted octanol–water partition coefficient (Wildman–Crippen LogP) is 2.56. The standard InChI is InChI=1S/C21H25N5O4S.C9H9NO3/c22-31(28,29)30-11-14-9-15(10-19(14)27)26-8-7-17-20(23-12-24-21(17)26)25-18-6-5-13-3-1-2-4-16(13)18;11-8(12)6-10-9(13)7-4-2-1-3-5-7/h1-4,7-8,12,14-15,18-19,27H,5-6,9-11H2,(H2,22,28,29)(H,23,24,25);1-5H,6H2,(H,10,13)(H,11,12)/t14-,15+,18-,19-;/m0./s1. The lowest BCUT2D eigenvalue weighted by Crippen LogP contribution is -2.29. The van der Waals surface area contributed by atoms with Gasteiger partial charge >= 0.3 is 16.3 Å². The van der Waals surface area contributed by atoms with Crippen LogP contribution in [0, 0.1) is 5.92 Å². The predicted molar refractivity (Wildman–Crippen MR) is 162 cm³/mol. The fourth-order valence-corrected chi connectivity index (χ4v) is 6.13. The molecule has 232 valence electrons. The summed E-state index contributed by atoms with van der Waals surface area (Å²) in [5.74, 6) is -0.944. The number of nitrogens with zero attached hydrogens (tertiary/aromatic N) is 3. The molecule has 6 rings (SSSR count). The molecule has 1 fully saturated rings. The number of carboxylic acids is 1. The third-order valence-electron chi connectivity index (χ3n) is 7.86. The van der Waals surface area contributed by atoms with Crippen LogP contribution in [0.5, 0.6) is 0 Å². The summed E-state index contributed by atoms with van der Waals surface area (Å²) in [5.41, 5.74) is 3.93. The maximum Gasteiger partial charge on any atom is 0.333 e. The number of nitrogens with one attached hydrogen (secondary N) is 2. The number of anilines is 1. The van der Waals surface area contributed by atoms with Gasteiger partial charge in [-0.1, -0.05) is 42.5 Å². The van der Waals surface area contributed by atoms with Gasteiger partial charge in [0.25, 0.3) is 5.91 Å². The van der Waals surface area contributed by atoms with Crippen LogP contribution < -0.4 is 15.8 Å². The minimum atomic E-state index is -4.03. The number of benzene rings is 2. The van der Waals surface area contributed by atoms with Crippen molar-refractivity contribution < 1.29 is 32.4 Å². The number of amides is 1. The zero-order chi connectivity index (χ0) is 31.3. The van der Waals surface area contributed by atoms with Crippen molar-refractivity contribution >= 4 is 39.0 Å². The smallest absolute Gasteiger partial charge is 0.333 e. The van der Waals surface area contributed by atoms with E-state index in [1.54, 1.807) is 36.7 Å². The van der Waals surface area contributed by atoms with Crippen LogP contribution >= 0.6 is 0 Å². The van der Waals surface area contributed by atoms with Crippen molar-refractivity contribution in [3.05, 3.63) is 89.9 Å². The molecule has 0 saturated heterocycles. The van der Waals surface area contributed by atoms with Crippen molar-refractivity contribution in [3.63, 3.8) is 0 Å². The monoisotopic (exact) mass is 622 g/mol. The van der Waals surface area contributed by atoms with Crippen molar-refractivity contribution in [1.82, 2.24) is 19.9 Å². The Hall–Kier alpha value is -4.37. The number of rotatable bonds is 9. The summed E-state index contributed by atoms with van der Waals surface area (Å²) >= 11 is 0. The van der Waals surface area contributed by atoms with Gasteiger partial charge < -0.3 is 25.4 Å². The van der Waals surface area contributed by atoms with E-state index in [0.717, 1.165) is 29.7 Å². The van der Waals surface area contributed by atoms with Crippen molar-refractivity contribution in [3.8, 4) is 0 Å². The van der Waals surface area contributed by atoms with Gasteiger partial charge in [-0.2, -0.15) is 8.42 Å². The molecule has 1 saturated carbocycles. The molecule has 0 spiro atoms. The van der Waals surface area contributed by atoms with E-state index in [1.165, 1.54) is 11.1 Å². The number of aliphatic carboxylic acids is 1. The fraction of sp³-hybridized carbons (Fsp3) is 0.333. The number of carbonyl (C=O) groups excluding carboxylic acids is 1. The molecule has 2 aromatic heterocycles. The van der Waals surface area contributed by atoms with Crippen LogP contribution in [-0.4, -0.2) is 64.3 Å². The van der Waals surface area contributed by atoms with Gasteiger partial charge in [0.1, 0.15) is 24.3 Å². The van der Waals surface area contributed by atoms with Gasteiger partial charge in [0, 0.05) is 23.7 Å². The Kier molecular flexibility index (Phi) is 9.54. The van der Waals surface area contributed by atoms with E-state index in [-0.39, 0.29) is 37.1 Å². The molecule has 4 atom stereocenters. The third-order valence-corrected chi connectivity index (χ3v) is 8.33. The minimum absolute atomic E-state index is 0.0171. The maximum atomic E-state index is 11.2. The van der Waals surface area contributed by atoms with Crippen molar-refractivity contribution in [1.29, 1.82) is 0 Å². The summed E-state index contributed by atoms with van der Waals surface area (Å²) in [4.78, 5) is 30.3. The highest BCUT2D eigenvalue weighted by atomic mass is 32.2. The number of hydrogen-bond donors (Lipinski definition) is 5. The van der Waals surface area contributed by atoms with Gasteiger partial charge in [-0.15, -0.1) is 0 Å². The Morgan fingerprint density at radius 1 is 1.05 bits per heavy atom. The van der Waals surface area contributed by atoms with Crippen LogP contribution in [0.3, 0.4) is 0 Å². The Bertz CT molecular complexity index is 1730. The van der Waals surface area contributed by atoms with Crippen molar-refractivity contribution in [2.75, 3.05) is 18.5 Å². The normalized spacial score (nSPS) is 20.9. The molecule has 0 bridgehead atoms. The van der Waals surface area contributed by atoms with Crippen LogP contribution in [0.25, 0.3) is 11.0 Å². The number of aryl methyl sites for hydroxylation is 1. The number of aromatic nitrogens is 3. The van der Waals surface area contributed by atoms with E-state index >= 15 is 0 Å². The van der Waals surface area contributed by atoms with Crippen LogP contribution in [-0.2, 0) is 25.7 Å². The van der Waals surface area contributed by atoms with E-state index in [4.69, 9.17) is 14.4 Å². The highest BCUT2D eigenvalue weighted by Gasteiger charge is 2.35. The summed E-state index contributed by atoms with van der Waals surface area (Å²) in [6.07, 6.45) is 5.96. The van der Waals surface area contributed by atoms with Gasteiger partial charge in [-0.05, 0) is 55.0 Å². The van der Waals surface area contributed by atoms with E-state index in [2.05, 4.69) is 44.9 Å². The highest BCUT2D eigenvalue weighted by molar-refractivity contribution is 7.84. The molecule has 1 amide bonds. The van der Waals surface area contributed by atoms with Crippen LogP contribution in [0.1, 0.15) is 52.8 Å². The largest absolute Gasteiger partial charge is 0.480 e. The number of carbonyl (C=O) groups is 2. The lowest BCUT2D eigenvalue weighted by molar-refractivity contribution is -0.135. The number of fused-ring (bicyclic) bond motifs is 2. The molecule has 44 heavy (non-hydrogen) atoms. The molecule has 0 unspecified atom stereocenters. The fourth-order valence-electron chi connectivity index (χ4n) is 5.76. The zero-order valence-corrected chi connectivity index (χ0v) is 24.6. The summed E-state index contributed by atoms with van der Waals surface area (Å²) in [6, 6.07) is 19.1. The molecule has 6 N–H and O–H groups in total. The topological polar surface area (TPSA) is 199 Å². The third kappa shape index (κ3) is 7.58. The second kappa shape index (κ2) is 13.5. The number of hydrogen-bond acceptors (Lipinski definition) is 9. The first kappa shape index (κ1) is 31.1. The Balaban J connectivity index is 0.000000249. The van der Waals surface area contributed by atoms with Gasteiger partial charge in [0.2, 0.25) is 0 Å². The molecular formula is C30H34N6O7S. The summed E-state index contributed by atoms with van der Waals surface area (Å²) in [6.45, 7) is -0.480. The summed E-state index contributed by atoms with van der Waals surface area (Å²) in [7, 11) is -4.03. The summed E-state index contributed by atoms with van der Waals surface area (Å²) in [5, 5.41) is 30.4. The van der Waals surface area contributed by atoms with E-state index < -0.39 is 22.4 Å². The molecule has 0 aliphatic heterocycles. The molecule has 14 heteroatoms. The molecular weight excluding hydrogens is 588 g/mol. The number of aliphatic hydroxyl groups excluding tert-OH is 1. The number of aliphatic hydroxyl groups is 1. The Morgan fingerprint density at radius 3 is 2.55 bits per heavy atom. The molecule has 4 aromatic rings. The lowest BCUT2D eigenvalue weighted by Gasteiger charge is -2.16. The Morgan fingerprint density at radius 2 is 1.80 bits per heavy atom. The van der Waals surface area contributed by atoms with Gasteiger partial charge in [0.05, 0.1) is 24.1 Å². The molecule has 13 nitrogen and oxygen atoms in total. The van der Waals surface area contributed by atoms with Crippen molar-refractivity contribution in [2.45, 2.75) is 43.9 Å². The van der Waals surface area contributed by atoms with Gasteiger partial charge in [-0.25, -0.2) is 15.1 Å². The molecule has 2 heterocycles. The SMILES string of the molecule is NS(=O)(=O)OC[C@@H]1C[C@@H](n2ccc3c(N[C@H]4CCc5ccccc54)ncnc32)C[C@@H]1O.O=C(O)CNC(=O)c1ccccc1. The van der Waals surface area contributed by atoms with Crippen LogP contribution in [0.4, 0.5) is 5.82 Å². The number of carboxylic acid groups (broad SMARTS) is 1. The zero-order valence-electron chi connectivity index (χ0n) is 23.7. The highest BCUT2D eigenvalue weighted by Crippen LogP contribution is 2.39. The Labute approximate surface area is 254 Å². The first-order chi connectivity index (χ1) is 21.1. The summed E-state index contributed by atoms with van der Waals surface area (Å²) < 4.78 is 28.9. The van der Waals surface area contributed by atoms with E-state index in [1.807, 2.05) is 16.8 Å². The maximum absolute atomic E-state index is 11.2. The second-order valence-corrected chi connectivity index (χ2v) is 12.0. The average molecular weight is 623 g/mol. The van der Waals surface area contributed by atoms with Crippen LogP contribution in [0.2, 0.25) is 0 Å². The lowest BCUT2D eigenvalue weighted by atomic mass is 10.1. The first-order valence-corrected chi connectivity index (χ1v) is 15.6. The minimum Gasteiger partial charge on any atom is -0.480 e. The van der Waals surface area contributed by atoms with Crippen molar-refractivity contribution in [2.24, 2.45) is 11.1 Å². The molecule has 2 aliphatic carbocycles. The van der Waals surface area contributed by atoms with Gasteiger partial charge in [0.15, 0.2) is 0 Å². The second-order valence-electron chi connectivity index (χ2n) is 10.8. The molecule has 2 aromatic carbocycles.